The number of fused-ring (bicyclic) bond motifs is 1. The lowest BCUT2D eigenvalue weighted by molar-refractivity contribution is 0.403. The maximum absolute atomic E-state index is 5.96. The normalized spacial score (nSPS) is 21.3. The Labute approximate surface area is 153 Å². The molecule has 4 rings (SSSR count). The van der Waals surface area contributed by atoms with E-state index in [-0.39, 0.29) is 6.04 Å². The van der Waals surface area contributed by atoms with E-state index in [0.717, 1.165) is 23.4 Å². The Balaban J connectivity index is 1.40. The molecule has 26 heavy (non-hydrogen) atoms. The van der Waals surface area contributed by atoms with Gasteiger partial charge in [-0.1, -0.05) is 30.3 Å². The van der Waals surface area contributed by atoms with Gasteiger partial charge in [0.1, 0.15) is 17.8 Å². The van der Waals surface area contributed by atoms with Gasteiger partial charge in [-0.05, 0) is 49.7 Å². The molecule has 0 radical (unpaired) electrons. The van der Waals surface area contributed by atoms with Crippen molar-refractivity contribution in [1.82, 2.24) is 20.0 Å². The average molecular weight is 350 g/mol. The second-order valence-electron chi connectivity index (χ2n) is 7.26. The minimum atomic E-state index is 0.218. The molecule has 0 amide bonds. The van der Waals surface area contributed by atoms with E-state index in [4.69, 9.17) is 11.6 Å². The lowest BCUT2D eigenvalue weighted by atomic mass is 9.95. The molecular formula is C20H26N6. The van der Waals surface area contributed by atoms with Crippen LogP contribution in [0.25, 0.3) is 11.0 Å². The lowest BCUT2D eigenvalue weighted by Gasteiger charge is -2.19. The Morgan fingerprint density at radius 1 is 1.15 bits per heavy atom. The second kappa shape index (κ2) is 7.43. The number of benzene rings is 1. The Morgan fingerprint density at radius 2 is 2.00 bits per heavy atom. The van der Waals surface area contributed by atoms with Crippen molar-refractivity contribution < 1.29 is 0 Å². The molecule has 136 valence electrons. The molecule has 0 aliphatic heterocycles. The number of nitrogens with zero attached hydrogens (tertiary/aromatic N) is 3. The summed E-state index contributed by atoms with van der Waals surface area (Å²) in [5.41, 5.74) is 11.1. The maximum Gasteiger partial charge on any atom is 0.145 e. The van der Waals surface area contributed by atoms with Crippen LogP contribution in [0, 0.1) is 5.92 Å². The zero-order valence-electron chi connectivity index (χ0n) is 14.9. The van der Waals surface area contributed by atoms with Crippen LogP contribution in [-0.2, 0) is 0 Å². The van der Waals surface area contributed by atoms with E-state index in [1.807, 2.05) is 12.1 Å². The van der Waals surface area contributed by atoms with Crippen LogP contribution < -0.4 is 17.0 Å². The summed E-state index contributed by atoms with van der Waals surface area (Å²) in [6.45, 7) is 0. The van der Waals surface area contributed by atoms with Gasteiger partial charge in [-0.15, -0.1) is 0 Å². The fourth-order valence-corrected chi connectivity index (χ4v) is 4.28. The Morgan fingerprint density at radius 3 is 2.81 bits per heavy atom. The third-order valence-electron chi connectivity index (χ3n) is 5.71. The van der Waals surface area contributed by atoms with Crippen LogP contribution in [0.4, 0.5) is 5.82 Å². The molecule has 1 aliphatic carbocycles. The Hall–Kier alpha value is -2.44. The van der Waals surface area contributed by atoms with Gasteiger partial charge in [0.05, 0.1) is 5.39 Å². The molecule has 1 fully saturated rings. The van der Waals surface area contributed by atoms with Gasteiger partial charge in [-0.2, -0.15) is 0 Å². The van der Waals surface area contributed by atoms with Crippen LogP contribution in [-0.4, -0.2) is 14.5 Å². The number of nitrogens with one attached hydrogen (secondary N) is 1. The van der Waals surface area contributed by atoms with E-state index >= 15 is 0 Å². The van der Waals surface area contributed by atoms with Crippen molar-refractivity contribution in [3.63, 3.8) is 0 Å². The molecule has 0 spiro atoms. The molecule has 0 bridgehead atoms. The molecule has 1 aliphatic rings. The van der Waals surface area contributed by atoms with Crippen molar-refractivity contribution in [1.29, 1.82) is 0 Å². The number of rotatable bonds is 6. The highest BCUT2D eigenvalue weighted by Crippen LogP contribution is 2.39. The smallest absolute Gasteiger partial charge is 0.145 e. The molecule has 6 nitrogen and oxygen atoms in total. The van der Waals surface area contributed by atoms with E-state index in [1.165, 1.54) is 31.2 Å². The van der Waals surface area contributed by atoms with Gasteiger partial charge < -0.3 is 10.3 Å². The molecule has 5 N–H and O–H groups in total. The summed E-state index contributed by atoms with van der Waals surface area (Å²) in [4.78, 5) is 8.53. The minimum absolute atomic E-state index is 0.218. The first-order valence-corrected chi connectivity index (χ1v) is 9.34. The lowest BCUT2D eigenvalue weighted by Crippen LogP contribution is -2.28. The summed E-state index contributed by atoms with van der Waals surface area (Å²) in [6, 6.07) is 13.2. The number of nitrogens with two attached hydrogens (primary N) is 2. The van der Waals surface area contributed by atoms with Crippen LogP contribution in [0.5, 0.6) is 0 Å². The number of hydrazine groups is 1. The van der Waals surface area contributed by atoms with Crippen LogP contribution in [0.2, 0.25) is 0 Å². The predicted molar refractivity (Wildman–Crippen MR) is 104 cm³/mol. The highest BCUT2D eigenvalue weighted by atomic mass is 15.2. The first-order valence-electron chi connectivity index (χ1n) is 9.34. The fourth-order valence-electron chi connectivity index (χ4n) is 4.28. The molecule has 3 atom stereocenters. The minimum Gasteiger partial charge on any atom is -0.383 e. The van der Waals surface area contributed by atoms with E-state index in [2.05, 4.69) is 50.4 Å². The molecule has 6 heteroatoms. The van der Waals surface area contributed by atoms with Crippen LogP contribution in [0.1, 0.15) is 49.8 Å². The summed E-state index contributed by atoms with van der Waals surface area (Å²) >= 11 is 0. The molecule has 3 aromatic rings. The molecule has 2 aromatic heterocycles. The van der Waals surface area contributed by atoms with Gasteiger partial charge in [0.2, 0.25) is 0 Å². The van der Waals surface area contributed by atoms with Crippen molar-refractivity contribution in [2.24, 2.45) is 11.8 Å². The van der Waals surface area contributed by atoms with E-state index in [9.17, 15) is 0 Å². The zero-order chi connectivity index (χ0) is 17.9. The van der Waals surface area contributed by atoms with E-state index in [0.29, 0.717) is 11.9 Å². The van der Waals surface area contributed by atoms with Crippen LogP contribution in [0.15, 0.2) is 48.9 Å². The molecule has 1 saturated carbocycles. The van der Waals surface area contributed by atoms with Crippen molar-refractivity contribution in [2.75, 3.05) is 5.73 Å². The van der Waals surface area contributed by atoms with E-state index in [1.54, 1.807) is 6.33 Å². The molecular weight excluding hydrogens is 324 g/mol. The fraction of sp³-hybridized carbons (Fsp3) is 0.400. The van der Waals surface area contributed by atoms with Crippen molar-refractivity contribution in [3.05, 3.63) is 54.5 Å². The van der Waals surface area contributed by atoms with E-state index < -0.39 is 0 Å². The first kappa shape index (κ1) is 17.0. The molecule has 2 heterocycles. The average Bonchev–Trinajstić information content (AvgIpc) is 3.30. The number of aromatic nitrogens is 3. The third-order valence-corrected chi connectivity index (χ3v) is 5.71. The molecule has 1 aromatic carbocycles. The largest absolute Gasteiger partial charge is 0.383 e. The van der Waals surface area contributed by atoms with Gasteiger partial charge >= 0.3 is 0 Å². The van der Waals surface area contributed by atoms with Crippen molar-refractivity contribution in [2.45, 2.75) is 44.2 Å². The molecule has 0 saturated heterocycles. The summed E-state index contributed by atoms with van der Waals surface area (Å²) < 4.78 is 2.28. The van der Waals surface area contributed by atoms with Crippen molar-refractivity contribution in [3.8, 4) is 0 Å². The number of anilines is 1. The van der Waals surface area contributed by atoms with Crippen molar-refractivity contribution >= 4 is 16.9 Å². The van der Waals surface area contributed by atoms with Gasteiger partial charge in [0.25, 0.3) is 0 Å². The predicted octanol–water partition coefficient (Wildman–Crippen LogP) is 3.34. The highest BCUT2D eigenvalue weighted by Gasteiger charge is 2.27. The number of nitrogen functional groups attached to an aromatic ring is 1. The van der Waals surface area contributed by atoms with Crippen LogP contribution >= 0.6 is 0 Å². The number of hydrogen-bond acceptors (Lipinski definition) is 5. The van der Waals surface area contributed by atoms with Crippen LogP contribution in [0.3, 0.4) is 0 Å². The standard InChI is InChI=1S/C20H26N6/c21-19-17-10-11-26(20(17)24-13-23-19)16-8-6-14(12-16)7-9-18(25-22)15-4-2-1-3-5-15/h1-5,10-11,13-14,16,18,25H,6-9,12,22H2,(H2,21,23,24)/t14?,16?,18-/m0/s1. The van der Waals surface area contributed by atoms with Gasteiger partial charge in [0, 0.05) is 18.3 Å². The maximum atomic E-state index is 5.96. The monoisotopic (exact) mass is 350 g/mol. The SMILES string of the molecule is NN[C@@H](CCC1CCC(n2ccc3c(N)ncnc32)C1)c1ccccc1. The molecule has 2 unspecified atom stereocenters. The number of hydrogen-bond donors (Lipinski definition) is 3. The first-order chi connectivity index (χ1) is 12.8. The summed E-state index contributed by atoms with van der Waals surface area (Å²) in [7, 11) is 0. The summed E-state index contributed by atoms with van der Waals surface area (Å²) in [6.07, 6.45) is 9.51. The third kappa shape index (κ3) is 3.30. The topological polar surface area (TPSA) is 94.8 Å². The Bertz CT molecular complexity index is 859. The Kier molecular flexibility index (Phi) is 4.86. The second-order valence-corrected chi connectivity index (χ2v) is 7.26. The summed E-state index contributed by atoms with van der Waals surface area (Å²) in [5.74, 6) is 7.07. The van der Waals surface area contributed by atoms with Gasteiger partial charge in [0.15, 0.2) is 0 Å². The van der Waals surface area contributed by atoms with Gasteiger partial charge in [-0.25, -0.2) is 9.97 Å². The highest BCUT2D eigenvalue weighted by molar-refractivity contribution is 5.86. The summed E-state index contributed by atoms with van der Waals surface area (Å²) in [5, 5.41) is 0.951. The zero-order valence-corrected chi connectivity index (χ0v) is 14.9. The quantitative estimate of drug-likeness (QED) is 0.468. The van der Waals surface area contributed by atoms with Gasteiger partial charge in [-0.3, -0.25) is 11.3 Å².